The van der Waals surface area contributed by atoms with E-state index in [0.29, 0.717) is 13.3 Å². The molecule has 4 heterocycles. The number of hydrazone groups is 1. The Morgan fingerprint density at radius 3 is 3.12 bits per heavy atom. The molecule has 4 aliphatic rings. The van der Waals surface area contributed by atoms with Crippen molar-refractivity contribution < 1.29 is 9.57 Å². The van der Waals surface area contributed by atoms with E-state index in [1.807, 2.05) is 11.2 Å². The van der Waals surface area contributed by atoms with Crippen LogP contribution in [0.5, 0.6) is 0 Å². The van der Waals surface area contributed by atoms with E-state index < -0.39 is 0 Å². The van der Waals surface area contributed by atoms with Gasteiger partial charge >= 0.3 is 0 Å². The molecule has 0 aromatic rings. The van der Waals surface area contributed by atoms with Gasteiger partial charge in [-0.3, -0.25) is 10.3 Å². The smallest absolute Gasteiger partial charge is 0.174 e. The fourth-order valence-electron chi connectivity index (χ4n) is 3.59. The summed E-state index contributed by atoms with van der Waals surface area (Å²) in [6.07, 6.45) is 4.03. The largest absolute Gasteiger partial charge is 0.365 e. The monoisotopic (exact) mass is 352 g/mol. The third-order valence-corrected chi connectivity index (χ3v) is 4.76. The number of nitrogens with two attached hydrogens (primary N) is 2. The summed E-state index contributed by atoms with van der Waals surface area (Å²) in [6.45, 7) is 1.85. The molecule has 0 spiro atoms. The Labute approximate surface area is 145 Å². The predicted molar refractivity (Wildman–Crippen MR) is 87.6 cm³/mol. The van der Waals surface area contributed by atoms with Gasteiger partial charge in [0, 0.05) is 19.2 Å². The van der Waals surface area contributed by atoms with Gasteiger partial charge in [-0.05, 0) is 12.8 Å². The van der Waals surface area contributed by atoms with Crippen molar-refractivity contribution in [3.8, 4) is 0 Å². The van der Waals surface area contributed by atoms with Crippen molar-refractivity contribution in [3.63, 3.8) is 0 Å². The van der Waals surface area contributed by atoms with Crippen molar-refractivity contribution in [3.05, 3.63) is 11.5 Å². The van der Waals surface area contributed by atoms with Gasteiger partial charge in [0.15, 0.2) is 12.5 Å². The molecular formula is C13H24N10O2. The van der Waals surface area contributed by atoms with Gasteiger partial charge in [-0.1, -0.05) is 5.22 Å². The summed E-state index contributed by atoms with van der Waals surface area (Å²) in [5, 5.41) is 24.1. The minimum Gasteiger partial charge on any atom is -0.365 e. The van der Waals surface area contributed by atoms with Crippen LogP contribution in [0.4, 0.5) is 0 Å². The summed E-state index contributed by atoms with van der Waals surface area (Å²) in [4.78, 5) is 6.87. The topological polar surface area (TPSA) is 150 Å². The van der Waals surface area contributed by atoms with E-state index in [0.717, 1.165) is 37.3 Å². The van der Waals surface area contributed by atoms with Crippen LogP contribution in [0.2, 0.25) is 0 Å². The maximum atomic E-state index is 6.06. The molecule has 7 N–H and O–H groups in total. The van der Waals surface area contributed by atoms with Crippen LogP contribution >= 0.6 is 0 Å². The van der Waals surface area contributed by atoms with Gasteiger partial charge in [0.2, 0.25) is 0 Å². The molecule has 3 unspecified atom stereocenters. The first-order valence-electron chi connectivity index (χ1n) is 8.43. The summed E-state index contributed by atoms with van der Waals surface area (Å²) >= 11 is 0. The summed E-state index contributed by atoms with van der Waals surface area (Å²) in [5.74, 6) is 11.4. The Bertz CT molecular complexity index is 581. The van der Waals surface area contributed by atoms with Gasteiger partial charge in [-0.2, -0.15) is 5.10 Å². The molecule has 1 fully saturated rings. The van der Waals surface area contributed by atoms with Gasteiger partial charge in [-0.15, -0.1) is 5.11 Å². The van der Waals surface area contributed by atoms with Crippen LogP contribution in [0.1, 0.15) is 19.3 Å². The lowest BCUT2D eigenvalue weighted by Gasteiger charge is -2.38. The van der Waals surface area contributed by atoms with Crippen LogP contribution in [0.3, 0.4) is 0 Å². The standard InChI is InChI=1S/C13H24N10O2/c14-21-20-11-10-12(19-13(18-11)23-5-1-4-17-23)22(7-16-10)9-3-2-8(25-9)6-24-15/h4,8-9,11,13,16,18-19H,1-3,5-7,15H2,(H2,14,20)/t8-,9?,11?,13?/m0/s1. The zero-order valence-corrected chi connectivity index (χ0v) is 13.8. The number of nitrogens with zero attached hydrogens (tertiary/aromatic N) is 5. The van der Waals surface area contributed by atoms with Crippen LogP contribution in [0.25, 0.3) is 0 Å². The minimum atomic E-state index is -0.364. The summed E-state index contributed by atoms with van der Waals surface area (Å²) in [7, 11) is 0. The molecule has 12 nitrogen and oxygen atoms in total. The first-order valence-corrected chi connectivity index (χ1v) is 8.43. The van der Waals surface area contributed by atoms with E-state index in [-0.39, 0.29) is 24.8 Å². The molecular weight excluding hydrogens is 328 g/mol. The molecule has 0 aliphatic carbocycles. The van der Waals surface area contributed by atoms with Gasteiger partial charge in [0.25, 0.3) is 0 Å². The normalized spacial score (nSPS) is 34.8. The molecule has 12 heteroatoms. The van der Waals surface area contributed by atoms with Crippen LogP contribution in [-0.2, 0) is 9.57 Å². The summed E-state index contributed by atoms with van der Waals surface area (Å²) in [5.41, 5.74) is 0.899. The summed E-state index contributed by atoms with van der Waals surface area (Å²) in [6, 6.07) is 0. The number of ether oxygens (including phenoxy) is 1. The van der Waals surface area contributed by atoms with Crippen molar-refractivity contribution in [2.75, 3.05) is 19.8 Å². The SMILES string of the molecule is NN=NC1NC(N2CCC=N2)NC2=C1NCN2C1CC[C@@H](CON)O1. The molecule has 0 bridgehead atoms. The highest BCUT2D eigenvalue weighted by atomic mass is 16.6. The maximum absolute atomic E-state index is 6.06. The van der Waals surface area contributed by atoms with Gasteiger partial charge in [0.05, 0.1) is 25.1 Å². The number of hydrogen-bond donors (Lipinski definition) is 5. The lowest BCUT2D eigenvalue weighted by atomic mass is 10.2. The highest BCUT2D eigenvalue weighted by molar-refractivity contribution is 5.58. The fraction of sp³-hybridized carbons (Fsp3) is 0.769. The molecule has 0 saturated carbocycles. The Kier molecular flexibility index (Phi) is 4.57. The third kappa shape index (κ3) is 3.08. The van der Waals surface area contributed by atoms with E-state index in [2.05, 4.69) is 36.3 Å². The second-order valence-electron chi connectivity index (χ2n) is 6.29. The first-order chi connectivity index (χ1) is 12.3. The minimum absolute atomic E-state index is 0.0138. The molecule has 0 aromatic carbocycles. The van der Waals surface area contributed by atoms with E-state index in [9.17, 15) is 0 Å². The van der Waals surface area contributed by atoms with E-state index >= 15 is 0 Å². The quantitative estimate of drug-likeness (QED) is 0.220. The zero-order chi connectivity index (χ0) is 17.2. The second kappa shape index (κ2) is 7.00. The number of nitrogens with one attached hydrogen (secondary N) is 3. The van der Waals surface area contributed by atoms with Crippen LogP contribution in [0, 0.1) is 0 Å². The summed E-state index contributed by atoms with van der Waals surface area (Å²) < 4.78 is 6.06. The molecule has 25 heavy (non-hydrogen) atoms. The Morgan fingerprint density at radius 2 is 2.36 bits per heavy atom. The lowest BCUT2D eigenvalue weighted by molar-refractivity contribution is -0.0691. The van der Waals surface area contributed by atoms with Crippen molar-refractivity contribution in [1.82, 2.24) is 25.9 Å². The van der Waals surface area contributed by atoms with Gasteiger partial charge in [0.1, 0.15) is 12.0 Å². The van der Waals surface area contributed by atoms with Crippen LogP contribution in [-0.4, -0.2) is 60.7 Å². The maximum Gasteiger partial charge on any atom is 0.174 e. The van der Waals surface area contributed by atoms with Gasteiger partial charge < -0.3 is 31.0 Å². The average Bonchev–Trinajstić information content (AvgIpc) is 3.35. The molecule has 4 atom stereocenters. The van der Waals surface area contributed by atoms with E-state index in [4.69, 9.17) is 21.3 Å². The Balaban J connectivity index is 1.52. The van der Waals surface area contributed by atoms with Crippen molar-refractivity contribution in [2.24, 2.45) is 27.2 Å². The predicted octanol–water partition coefficient (Wildman–Crippen LogP) is -1.77. The highest BCUT2D eigenvalue weighted by Crippen LogP contribution is 2.30. The lowest BCUT2D eigenvalue weighted by Crippen LogP contribution is -2.60. The van der Waals surface area contributed by atoms with E-state index in [1.54, 1.807) is 0 Å². The highest BCUT2D eigenvalue weighted by Gasteiger charge is 2.41. The molecule has 1 saturated heterocycles. The van der Waals surface area contributed by atoms with Crippen LogP contribution < -0.4 is 27.7 Å². The fourth-order valence-corrected chi connectivity index (χ4v) is 3.59. The Morgan fingerprint density at radius 1 is 1.44 bits per heavy atom. The number of rotatable bonds is 5. The molecule has 4 aliphatic heterocycles. The average molecular weight is 352 g/mol. The third-order valence-electron chi connectivity index (χ3n) is 4.76. The number of hydrogen-bond acceptors (Lipinski definition) is 11. The second-order valence-corrected chi connectivity index (χ2v) is 6.29. The van der Waals surface area contributed by atoms with Crippen LogP contribution in [0.15, 0.2) is 27.0 Å². The molecule has 138 valence electrons. The molecule has 4 rings (SSSR count). The van der Waals surface area contributed by atoms with Crippen molar-refractivity contribution >= 4 is 6.21 Å². The molecule has 0 amide bonds. The van der Waals surface area contributed by atoms with Crippen molar-refractivity contribution in [1.29, 1.82) is 0 Å². The first kappa shape index (κ1) is 16.3. The Hall–Kier alpha value is -2.15. The zero-order valence-electron chi connectivity index (χ0n) is 13.8. The molecule has 0 aromatic heterocycles. The molecule has 0 radical (unpaired) electrons. The van der Waals surface area contributed by atoms with E-state index in [1.165, 1.54) is 0 Å². The van der Waals surface area contributed by atoms with Crippen molar-refractivity contribution in [2.45, 2.75) is 44.0 Å². The van der Waals surface area contributed by atoms with Gasteiger partial charge in [-0.25, -0.2) is 5.90 Å².